The van der Waals surface area contributed by atoms with Crippen molar-refractivity contribution >= 4 is 0 Å². The number of rotatable bonds is 0. The van der Waals surface area contributed by atoms with Crippen LogP contribution in [-0.4, -0.2) is 16.8 Å². The summed E-state index contributed by atoms with van der Waals surface area (Å²) in [6, 6.07) is 0. The molecule has 0 bridgehead atoms. The number of hydrogen-bond acceptors (Lipinski definition) is 2. The summed E-state index contributed by atoms with van der Waals surface area (Å²) in [5.41, 5.74) is 2.45. The zero-order valence-electron chi connectivity index (χ0n) is 7.05. The van der Waals surface area contributed by atoms with E-state index in [0.29, 0.717) is 6.61 Å². The molecule has 62 valence electrons. The Kier molecular flexibility index (Phi) is 3.11. The van der Waals surface area contributed by atoms with Crippen molar-refractivity contribution in [3.8, 4) is 0 Å². The van der Waals surface area contributed by atoms with Crippen molar-refractivity contribution in [1.82, 2.24) is 10.2 Å². The molecule has 0 saturated heterocycles. The number of fused-ring (bicyclic) bond motifs is 1. The van der Waals surface area contributed by atoms with Gasteiger partial charge in [0.05, 0.1) is 25.1 Å². The molecule has 0 unspecified atom stereocenters. The zero-order valence-corrected chi connectivity index (χ0v) is 7.05. The van der Waals surface area contributed by atoms with Crippen LogP contribution >= 0.6 is 0 Å². The van der Waals surface area contributed by atoms with E-state index in [9.17, 15) is 0 Å². The van der Waals surface area contributed by atoms with Crippen molar-refractivity contribution in [3.05, 3.63) is 17.5 Å². The van der Waals surface area contributed by atoms with E-state index in [1.54, 1.807) is 0 Å². The molecule has 2 rings (SSSR count). The molecule has 3 heteroatoms. The van der Waals surface area contributed by atoms with Crippen LogP contribution in [0.3, 0.4) is 0 Å². The van der Waals surface area contributed by atoms with Gasteiger partial charge in [-0.05, 0) is 12.0 Å². The second-order valence-electron chi connectivity index (χ2n) is 2.18. The number of nitrogens with one attached hydrogen (secondary N) is 1. The standard InChI is InChI=1S/C6H8N2O.C2H6/c1-2-9-4-6-5(1)3-7-8-6;1-2/h3H,1-2,4H2,(H,7,8);1-2H3. The molecule has 0 atom stereocenters. The first-order chi connectivity index (χ1) is 5.47. The number of aromatic nitrogens is 2. The van der Waals surface area contributed by atoms with Crippen molar-refractivity contribution in [2.45, 2.75) is 26.9 Å². The van der Waals surface area contributed by atoms with Gasteiger partial charge in [-0.2, -0.15) is 5.10 Å². The molecule has 2 heterocycles. The van der Waals surface area contributed by atoms with Crippen molar-refractivity contribution in [1.29, 1.82) is 0 Å². The average molecular weight is 154 g/mol. The second kappa shape index (κ2) is 4.13. The number of hydrogen-bond donors (Lipinski definition) is 1. The van der Waals surface area contributed by atoms with E-state index >= 15 is 0 Å². The van der Waals surface area contributed by atoms with E-state index in [-0.39, 0.29) is 0 Å². The summed E-state index contributed by atoms with van der Waals surface area (Å²) < 4.78 is 5.18. The van der Waals surface area contributed by atoms with Gasteiger partial charge >= 0.3 is 0 Å². The number of nitrogens with zero attached hydrogens (tertiary/aromatic N) is 1. The summed E-state index contributed by atoms with van der Waals surface area (Å²) in [4.78, 5) is 0. The van der Waals surface area contributed by atoms with Crippen LogP contribution in [0.15, 0.2) is 6.20 Å². The summed E-state index contributed by atoms with van der Waals surface area (Å²) in [6.45, 7) is 5.54. The van der Waals surface area contributed by atoms with Crippen LogP contribution in [0, 0.1) is 0 Å². The van der Waals surface area contributed by atoms with Crippen molar-refractivity contribution in [2.75, 3.05) is 6.61 Å². The average Bonchev–Trinajstić information content (AvgIpc) is 2.55. The van der Waals surface area contributed by atoms with E-state index in [2.05, 4.69) is 10.2 Å². The minimum atomic E-state index is 0.704. The smallest absolute Gasteiger partial charge is 0.0885 e. The Morgan fingerprint density at radius 1 is 1.55 bits per heavy atom. The molecule has 0 aliphatic carbocycles. The maximum atomic E-state index is 5.18. The van der Waals surface area contributed by atoms with Gasteiger partial charge in [-0.3, -0.25) is 5.10 Å². The van der Waals surface area contributed by atoms with Gasteiger partial charge in [0, 0.05) is 0 Å². The van der Waals surface area contributed by atoms with Gasteiger partial charge < -0.3 is 4.74 Å². The Balaban J connectivity index is 0.000000281. The number of H-pyrrole nitrogens is 1. The highest BCUT2D eigenvalue weighted by molar-refractivity contribution is 5.16. The first-order valence-corrected chi connectivity index (χ1v) is 4.05. The fraction of sp³-hybridized carbons (Fsp3) is 0.625. The minimum absolute atomic E-state index is 0.704. The molecule has 0 spiro atoms. The Morgan fingerprint density at radius 2 is 2.36 bits per heavy atom. The molecule has 0 radical (unpaired) electrons. The third-order valence-corrected chi connectivity index (χ3v) is 1.57. The predicted molar refractivity (Wildman–Crippen MR) is 43.3 cm³/mol. The lowest BCUT2D eigenvalue weighted by atomic mass is 10.2. The van der Waals surface area contributed by atoms with E-state index in [0.717, 1.165) is 18.7 Å². The zero-order chi connectivity index (χ0) is 8.10. The first-order valence-electron chi connectivity index (χ1n) is 4.05. The van der Waals surface area contributed by atoms with Crippen molar-refractivity contribution < 1.29 is 4.74 Å². The summed E-state index contributed by atoms with van der Waals surface area (Å²) >= 11 is 0. The van der Waals surface area contributed by atoms with Crippen LogP contribution in [0.2, 0.25) is 0 Å². The molecule has 0 saturated carbocycles. The molecule has 0 fully saturated rings. The predicted octanol–water partition coefficient (Wildman–Crippen LogP) is 1.51. The number of aromatic amines is 1. The molecular formula is C8H14N2O. The maximum Gasteiger partial charge on any atom is 0.0885 e. The molecule has 0 amide bonds. The lowest BCUT2D eigenvalue weighted by Crippen LogP contribution is -2.07. The van der Waals surface area contributed by atoms with Gasteiger partial charge in [-0.1, -0.05) is 13.8 Å². The van der Waals surface area contributed by atoms with Gasteiger partial charge in [0.25, 0.3) is 0 Å². The lowest BCUT2D eigenvalue weighted by molar-refractivity contribution is 0.108. The minimum Gasteiger partial charge on any atom is -0.375 e. The van der Waals surface area contributed by atoms with Crippen LogP contribution in [0.4, 0.5) is 0 Å². The molecule has 0 aromatic carbocycles. The Bertz CT molecular complexity index is 187. The monoisotopic (exact) mass is 154 g/mol. The Morgan fingerprint density at radius 3 is 3.09 bits per heavy atom. The van der Waals surface area contributed by atoms with Crippen LogP contribution in [0.5, 0.6) is 0 Å². The summed E-state index contributed by atoms with van der Waals surface area (Å²) in [5.74, 6) is 0. The molecule has 3 nitrogen and oxygen atoms in total. The maximum absolute atomic E-state index is 5.18. The molecule has 1 aliphatic heterocycles. The summed E-state index contributed by atoms with van der Waals surface area (Å²) in [7, 11) is 0. The van der Waals surface area contributed by atoms with Gasteiger partial charge in [-0.15, -0.1) is 0 Å². The van der Waals surface area contributed by atoms with Crippen LogP contribution in [-0.2, 0) is 17.8 Å². The summed E-state index contributed by atoms with van der Waals surface area (Å²) in [6.07, 6.45) is 2.88. The molecule has 11 heavy (non-hydrogen) atoms. The largest absolute Gasteiger partial charge is 0.375 e. The highest BCUT2D eigenvalue weighted by Gasteiger charge is 2.09. The molecule has 1 N–H and O–H groups in total. The van der Waals surface area contributed by atoms with Crippen molar-refractivity contribution in [3.63, 3.8) is 0 Å². The van der Waals surface area contributed by atoms with E-state index in [1.165, 1.54) is 5.56 Å². The van der Waals surface area contributed by atoms with Crippen LogP contribution < -0.4 is 0 Å². The van der Waals surface area contributed by atoms with Crippen molar-refractivity contribution in [2.24, 2.45) is 0 Å². The lowest BCUT2D eigenvalue weighted by Gasteiger charge is -2.09. The third-order valence-electron chi connectivity index (χ3n) is 1.57. The number of ether oxygens (including phenoxy) is 1. The highest BCUT2D eigenvalue weighted by Crippen LogP contribution is 2.11. The Labute approximate surface area is 66.8 Å². The van der Waals surface area contributed by atoms with Gasteiger partial charge in [0.1, 0.15) is 0 Å². The fourth-order valence-electron chi connectivity index (χ4n) is 1.03. The van der Waals surface area contributed by atoms with E-state index < -0.39 is 0 Å². The fourth-order valence-corrected chi connectivity index (χ4v) is 1.03. The Hall–Kier alpha value is -0.830. The van der Waals surface area contributed by atoms with Crippen LogP contribution in [0.1, 0.15) is 25.1 Å². The summed E-state index contributed by atoms with van der Waals surface area (Å²) in [5, 5.41) is 6.78. The van der Waals surface area contributed by atoms with E-state index in [1.807, 2.05) is 20.0 Å². The topological polar surface area (TPSA) is 37.9 Å². The van der Waals surface area contributed by atoms with Gasteiger partial charge in [0.2, 0.25) is 0 Å². The molecule has 1 aromatic rings. The highest BCUT2D eigenvalue weighted by atomic mass is 16.5. The molecular weight excluding hydrogens is 140 g/mol. The SMILES string of the molecule is CC.c1n[nH]c2c1CCOC2. The van der Waals surface area contributed by atoms with Gasteiger partial charge in [0.15, 0.2) is 0 Å². The van der Waals surface area contributed by atoms with E-state index in [4.69, 9.17) is 4.74 Å². The first kappa shape index (κ1) is 8.27. The molecule has 1 aliphatic rings. The second-order valence-corrected chi connectivity index (χ2v) is 2.18. The normalized spacial score (nSPS) is 14.7. The quantitative estimate of drug-likeness (QED) is 0.615. The van der Waals surface area contributed by atoms with Crippen LogP contribution in [0.25, 0.3) is 0 Å². The molecule has 1 aromatic heterocycles. The third kappa shape index (κ3) is 1.80. The van der Waals surface area contributed by atoms with Gasteiger partial charge in [-0.25, -0.2) is 0 Å².